The third-order valence-corrected chi connectivity index (χ3v) is 8.43. The highest BCUT2D eigenvalue weighted by Crippen LogP contribution is 2.42. The highest BCUT2D eigenvalue weighted by molar-refractivity contribution is 8.00. The minimum atomic E-state index is -1.49. The summed E-state index contributed by atoms with van der Waals surface area (Å²) in [5.41, 5.74) is 6.39. The Balaban J connectivity index is 1.37. The second kappa shape index (κ2) is 12.9. The number of amides is 3. The summed E-state index contributed by atoms with van der Waals surface area (Å²) in [6.07, 6.45) is 1.20. The molecule has 0 saturated carbocycles. The zero-order valence-electron chi connectivity index (χ0n) is 22.3. The largest absolute Gasteiger partial charge is 0.504 e. The first kappa shape index (κ1) is 31.0. The molecule has 2 aliphatic rings. The van der Waals surface area contributed by atoms with Crippen LogP contribution in [0.3, 0.4) is 0 Å². The van der Waals surface area contributed by atoms with Gasteiger partial charge in [0.25, 0.3) is 11.8 Å². The summed E-state index contributed by atoms with van der Waals surface area (Å²) in [6, 6.07) is 2.89. The lowest BCUT2D eigenvalue weighted by Crippen LogP contribution is -2.74. The Labute approximate surface area is 250 Å². The number of aliphatic carboxylic acids is 1. The van der Waals surface area contributed by atoms with E-state index in [4.69, 9.17) is 15.3 Å². The van der Waals surface area contributed by atoms with Gasteiger partial charge in [-0.1, -0.05) is 5.16 Å². The number of ether oxygens (including phenoxy) is 1. The Kier molecular flexibility index (Phi) is 9.34. The summed E-state index contributed by atoms with van der Waals surface area (Å²) in [6.45, 7) is -0.128. The van der Waals surface area contributed by atoms with Crippen molar-refractivity contribution in [2.24, 2.45) is 15.7 Å². The standard InChI is InChI=1S/C24H25N7O10S2/c1-11(32)40-9-24(22(38)39)8-31-20(37)18(21(31)43-10-24)28-19(36)17(13-7-42-23(25)27-13)30-41-6-16(35)29-26-5-12-2-3-14(33)15(34)4-12/h2-5,7,18,21,33-34H,6,8-10H2,1H3,(H2,25,27)(H,28,36)(H,29,35)(H,38,39)/t18?,21-,24?/m1/s1. The Bertz CT molecular complexity index is 1510. The van der Waals surface area contributed by atoms with Crippen LogP contribution >= 0.6 is 23.1 Å². The van der Waals surface area contributed by atoms with Gasteiger partial charge in [0.05, 0.1) is 6.21 Å². The van der Waals surface area contributed by atoms with Crippen LogP contribution in [0, 0.1) is 5.41 Å². The number of carbonyl (C=O) groups excluding carboxylic acids is 4. The van der Waals surface area contributed by atoms with Gasteiger partial charge in [-0.15, -0.1) is 23.1 Å². The molecular formula is C24H25N7O10S2. The molecule has 19 heteroatoms. The first-order valence-corrected chi connectivity index (χ1v) is 14.2. The predicted octanol–water partition coefficient (Wildman–Crippen LogP) is -0.958. The van der Waals surface area contributed by atoms with Gasteiger partial charge in [0.15, 0.2) is 28.9 Å². The number of phenols is 2. The second-order valence-corrected chi connectivity index (χ2v) is 11.3. The maximum atomic E-state index is 13.2. The molecule has 2 saturated heterocycles. The lowest BCUT2D eigenvalue weighted by atomic mass is 9.88. The Hall–Kier alpha value is -4.91. The number of hydrogen-bond donors (Lipinski definition) is 6. The van der Waals surface area contributed by atoms with Crippen molar-refractivity contribution < 1.29 is 48.9 Å². The highest BCUT2D eigenvalue weighted by atomic mass is 32.2. The molecule has 2 fully saturated rings. The minimum absolute atomic E-state index is 0.0224. The number of rotatable bonds is 11. The van der Waals surface area contributed by atoms with Crippen LogP contribution in [0.15, 0.2) is 33.8 Å². The van der Waals surface area contributed by atoms with Gasteiger partial charge in [-0.25, -0.2) is 10.4 Å². The van der Waals surface area contributed by atoms with E-state index in [0.717, 1.165) is 30.0 Å². The van der Waals surface area contributed by atoms with Crippen molar-refractivity contribution in [3.8, 4) is 11.5 Å². The lowest BCUT2D eigenvalue weighted by Gasteiger charge is -2.53. The summed E-state index contributed by atoms with van der Waals surface area (Å²) in [4.78, 5) is 71.7. The number of aromatic hydroxyl groups is 2. The highest BCUT2D eigenvalue weighted by Gasteiger charge is 2.58. The Morgan fingerprint density at radius 2 is 2.05 bits per heavy atom. The number of aromatic nitrogens is 1. The molecule has 2 unspecified atom stereocenters. The molecule has 4 rings (SSSR count). The number of nitrogens with two attached hydrogens (primary N) is 1. The number of benzene rings is 1. The van der Waals surface area contributed by atoms with Crippen LogP contribution in [0.5, 0.6) is 11.5 Å². The molecule has 3 heterocycles. The van der Waals surface area contributed by atoms with E-state index in [9.17, 15) is 39.3 Å². The van der Waals surface area contributed by atoms with Gasteiger partial charge in [-0.3, -0.25) is 24.0 Å². The van der Waals surface area contributed by atoms with Gasteiger partial charge in [-0.05, 0) is 23.8 Å². The smallest absolute Gasteiger partial charge is 0.315 e. The first-order chi connectivity index (χ1) is 20.4. The number of β-lactam (4-membered cyclic amide) rings is 1. The van der Waals surface area contributed by atoms with Crippen molar-refractivity contribution in [1.82, 2.24) is 20.6 Å². The van der Waals surface area contributed by atoms with Gasteiger partial charge in [0, 0.05) is 24.6 Å². The van der Waals surface area contributed by atoms with Crippen LogP contribution in [0.25, 0.3) is 0 Å². The molecule has 228 valence electrons. The summed E-state index contributed by atoms with van der Waals surface area (Å²) < 4.78 is 4.93. The van der Waals surface area contributed by atoms with Crippen LogP contribution in [-0.2, 0) is 33.5 Å². The number of oxime groups is 1. The van der Waals surface area contributed by atoms with Crippen molar-refractivity contribution in [2.75, 3.05) is 31.2 Å². The van der Waals surface area contributed by atoms with E-state index in [1.807, 2.05) is 0 Å². The minimum Gasteiger partial charge on any atom is -0.504 e. The summed E-state index contributed by atoms with van der Waals surface area (Å²) in [7, 11) is 0. The van der Waals surface area contributed by atoms with E-state index >= 15 is 0 Å². The topological polar surface area (TPSA) is 255 Å². The summed E-state index contributed by atoms with van der Waals surface area (Å²) in [5, 5.41) is 39.5. The van der Waals surface area contributed by atoms with Crippen LogP contribution in [-0.4, -0.2) is 104 Å². The van der Waals surface area contributed by atoms with Gasteiger partial charge < -0.3 is 40.8 Å². The molecule has 17 nitrogen and oxygen atoms in total. The van der Waals surface area contributed by atoms with Gasteiger partial charge in [-0.2, -0.15) is 5.10 Å². The quantitative estimate of drug-likeness (QED) is 0.0573. The number of hydrazone groups is 1. The maximum absolute atomic E-state index is 13.2. The zero-order valence-corrected chi connectivity index (χ0v) is 23.9. The third kappa shape index (κ3) is 7.12. The number of phenolic OH excluding ortho intramolecular Hbond substituents is 2. The fourth-order valence-electron chi connectivity index (χ4n) is 3.94. The number of hydrogen-bond acceptors (Lipinski definition) is 15. The molecule has 3 atom stereocenters. The van der Waals surface area contributed by atoms with Crippen molar-refractivity contribution in [2.45, 2.75) is 18.3 Å². The molecule has 2 aromatic rings. The Morgan fingerprint density at radius 1 is 1.28 bits per heavy atom. The number of esters is 1. The molecular weight excluding hydrogens is 610 g/mol. The monoisotopic (exact) mass is 635 g/mol. The fourth-order valence-corrected chi connectivity index (χ4v) is 6.01. The number of anilines is 1. The van der Waals surface area contributed by atoms with Crippen LogP contribution in [0.1, 0.15) is 18.2 Å². The molecule has 3 amide bonds. The van der Waals surface area contributed by atoms with Crippen LogP contribution in [0.4, 0.5) is 5.13 Å². The number of carboxylic acid groups (broad SMARTS) is 1. The molecule has 0 radical (unpaired) electrons. The fraction of sp³-hybridized carbons (Fsp3) is 0.333. The van der Waals surface area contributed by atoms with E-state index in [2.05, 4.69) is 26.0 Å². The number of nitrogens with one attached hydrogen (secondary N) is 2. The average Bonchev–Trinajstić information content (AvgIpc) is 3.39. The zero-order chi connectivity index (χ0) is 31.3. The van der Waals surface area contributed by atoms with Crippen molar-refractivity contribution in [3.63, 3.8) is 0 Å². The lowest BCUT2D eigenvalue weighted by molar-refractivity contribution is -0.164. The number of carbonyl (C=O) groups is 5. The van der Waals surface area contributed by atoms with Gasteiger partial charge in [0.2, 0.25) is 5.91 Å². The number of thiazole rings is 1. The molecule has 1 aromatic heterocycles. The average molecular weight is 636 g/mol. The second-order valence-electron chi connectivity index (χ2n) is 9.31. The summed E-state index contributed by atoms with van der Waals surface area (Å²) in [5.74, 6) is -4.68. The Morgan fingerprint density at radius 3 is 2.70 bits per heavy atom. The summed E-state index contributed by atoms with van der Waals surface area (Å²) >= 11 is 2.13. The van der Waals surface area contributed by atoms with Crippen molar-refractivity contribution in [3.05, 3.63) is 34.8 Å². The predicted molar refractivity (Wildman–Crippen MR) is 151 cm³/mol. The normalized spacial score (nSPS) is 21.5. The van der Waals surface area contributed by atoms with E-state index in [-0.39, 0.29) is 40.3 Å². The molecule has 0 spiro atoms. The van der Waals surface area contributed by atoms with Crippen LogP contribution < -0.4 is 16.5 Å². The third-order valence-electron chi connectivity index (χ3n) is 6.17. The molecule has 0 bridgehead atoms. The number of thioether (sulfide) groups is 1. The van der Waals surface area contributed by atoms with E-state index in [0.29, 0.717) is 5.56 Å². The molecule has 0 aliphatic carbocycles. The number of nitrogens with zero attached hydrogens (tertiary/aromatic N) is 4. The molecule has 1 aromatic carbocycles. The maximum Gasteiger partial charge on any atom is 0.315 e. The van der Waals surface area contributed by atoms with E-state index in [1.54, 1.807) is 0 Å². The molecule has 43 heavy (non-hydrogen) atoms. The van der Waals surface area contributed by atoms with Crippen molar-refractivity contribution >= 4 is 69.8 Å². The van der Waals surface area contributed by atoms with E-state index < -0.39 is 59.7 Å². The van der Waals surface area contributed by atoms with Crippen LogP contribution in [0.2, 0.25) is 0 Å². The van der Waals surface area contributed by atoms with Crippen molar-refractivity contribution in [1.29, 1.82) is 0 Å². The first-order valence-electron chi connectivity index (χ1n) is 12.2. The molecule has 2 aliphatic heterocycles. The SMILES string of the molecule is CC(=O)OCC1(C(=O)O)CS[C@@H]2C(NC(=O)C(=NOCC(=O)NN=Cc3ccc(O)c(O)c3)c3csc(N)n3)C(=O)N2C1. The number of carboxylic acids is 1. The number of fused-ring (bicyclic) bond motifs is 1. The van der Waals surface area contributed by atoms with Gasteiger partial charge in [0.1, 0.15) is 29.1 Å². The number of nitrogen functional groups attached to an aromatic ring is 1. The molecule has 7 N–H and O–H groups in total. The van der Waals surface area contributed by atoms with Gasteiger partial charge >= 0.3 is 11.9 Å². The van der Waals surface area contributed by atoms with E-state index in [1.165, 1.54) is 34.7 Å².